The molecular formula is C9H17O3. The van der Waals surface area contributed by atoms with E-state index in [1.807, 2.05) is 6.92 Å². The fourth-order valence-corrected chi connectivity index (χ4v) is 0.629. The van der Waals surface area contributed by atoms with Gasteiger partial charge in [-0.15, -0.1) is 0 Å². The van der Waals surface area contributed by atoms with Gasteiger partial charge in [0.15, 0.2) is 6.29 Å². The Bertz CT molecular complexity index is 123. The molecule has 0 aliphatic heterocycles. The van der Waals surface area contributed by atoms with Gasteiger partial charge in [-0.1, -0.05) is 6.58 Å². The Balaban J connectivity index is 3.13. The van der Waals surface area contributed by atoms with E-state index in [0.29, 0.717) is 25.6 Å². The van der Waals surface area contributed by atoms with Crippen molar-refractivity contribution >= 4 is 0 Å². The van der Waals surface area contributed by atoms with E-state index >= 15 is 0 Å². The van der Waals surface area contributed by atoms with E-state index in [-0.39, 0.29) is 0 Å². The molecule has 0 rings (SSSR count). The van der Waals surface area contributed by atoms with Crippen LogP contribution in [0, 0.1) is 6.92 Å². The second kappa shape index (κ2) is 7.13. The summed E-state index contributed by atoms with van der Waals surface area (Å²) in [6, 6.07) is 0. The van der Waals surface area contributed by atoms with Gasteiger partial charge in [-0.05, 0) is 13.8 Å². The molecule has 71 valence electrons. The number of hydrogen-bond donors (Lipinski definition) is 0. The van der Waals surface area contributed by atoms with E-state index in [1.54, 1.807) is 6.92 Å². The van der Waals surface area contributed by atoms with Gasteiger partial charge in [0.25, 0.3) is 0 Å². The van der Waals surface area contributed by atoms with E-state index in [2.05, 4.69) is 13.5 Å². The molecule has 0 fully saturated rings. The van der Waals surface area contributed by atoms with Crippen molar-refractivity contribution in [2.24, 2.45) is 0 Å². The molecule has 0 saturated carbocycles. The summed E-state index contributed by atoms with van der Waals surface area (Å²) in [6.07, 6.45) is -0.399. The van der Waals surface area contributed by atoms with Crippen molar-refractivity contribution in [3.8, 4) is 0 Å². The number of ether oxygens (including phenoxy) is 3. The van der Waals surface area contributed by atoms with Crippen molar-refractivity contribution in [2.75, 3.05) is 19.8 Å². The smallest absolute Gasteiger partial charge is 0.157 e. The highest BCUT2D eigenvalue weighted by molar-refractivity contribution is 4.73. The molecule has 0 amide bonds. The fourth-order valence-electron chi connectivity index (χ4n) is 0.629. The molecule has 1 unspecified atom stereocenters. The predicted octanol–water partition coefficient (Wildman–Crippen LogP) is 1.75. The summed E-state index contributed by atoms with van der Waals surface area (Å²) in [5.41, 5.74) is 0. The van der Waals surface area contributed by atoms with Crippen LogP contribution in [0.5, 0.6) is 0 Å². The summed E-state index contributed by atoms with van der Waals surface area (Å²) in [5.74, 6) is 0.690. The number of allylic oxidation sites excluding steroid dienone is 1. The summed E-state index contributed by atoms with van der Waals surface area (Å²) in [4.78, 5) is 0. The molecule has 0 saturated heterocycles. The van der Waals surface area contributed by atoms with Crippen LogP contribution < -0.4 is 0 Å². The first-order valence-corrected chi connectivity index (χ1v) is 4.01. The summed E-state index contributed by atoms with van der Waals surface area (Å²) in [7, 11) is 0. The van der Waals surface area contributed by atoms with E-state index in [1.165, 1.54) is 0 Å². The van der Waals surface area contributed by atoms with Crippen molar-refractivity contribution in [2.45, 2.75) is 20.1 Å². The summed E-state index contributed by atoms with van der Waals surface area (Å²) >= 11 is 0. The van der Waals surface area contributed by atoms with Gasteiger partial charge in [-0.25, -0.2) is 0 Å². The SMILES string of the molecule is [CH2]C(OCC)OCCOC(=C)C. The first kappa shape index (κ1) is 11.5. The molecule has 0 N–H and O–H groups in total. The van der Waals surface area contributed by atoms with Crippen molar-refractivity contribution in [3.63, 3.8) is 0 Å². The Hall–Kier alpha value is -0.540. The van der Waals surface area contributed by atoms with Crippen LogP contribution in [0.2, 0.25) is 0 Å². The molecule has 1 radical (unpaired) electrons. The molecule has 0 aliphatic rings. The molecule has 0 aromatic rings. The molecule has 0 aromatic carbocycles. The topological polar surface area (TPSA) is 27.7 Å². The van der Waals surface area contributed by atoms with Gasteiger partial charge in [0.05, 0.1) is 12.4 Å². The van der Waals surface area contributed by atoms with Crippen molar-refractivity contribution < 1.29 is 14.2 Å². The molecule has 0 aliphatic carbocycles. The molecule has 3 heteroatoms. The van der Waals surface area contributed by atoms with Gasteiger partial charge >= 0.3 is 0 Å². The minimum atomic E-state index is -0.399. The van der Waals surface area contributed by atoms with Crippen LogP contribution in [0.4, 0.5) is 0 Å². The third kappa shape index (κ3) is 7.57. The van der Waals surface area contributed by atoms with Crippen molar-refractivity contribution in [3.05, 3.63) is 19.3 Å². The molecule has 3 nitrogen and oxygen atoms in total. The van der Waals surface area contributed by atoms with Crippen LogP contribution in [0.1, 0.15) is 13.8 Å². The van der Waals surface area contributed by atoms with E-state index < -0.39 is 6.29 Å². The Labute approximate surface area is 74.3 Å². The highest BCUT2D eigenvalue weighted by atomic mass is 16.7. The molecular weight excluding hydrogens is 156 g/mol. The van der Waals surface area contributed by atoms with Crippen LogP contribution in [-0.4, -0.2) is 26.1 Å². The monoisotopic (exact) mass is 173 g/mol. The van der Waals surface area contributed by atoms with E-state index in [4.69, 9.17) is 14.2 Å². The zero-order chi connectivity index (χ0) is 9.40. The van der Waals surface area contributed by atoms with Crippen LogP contribution in [0.15, 0.2) is 12.3 Å². The molecule has 0 bridgehead atoms. The van der Waals surface area contributed by atoms with Crippen LogP contribution in [0.25, 0.3) is 0 Å². The zero-order valence-corrected chi connectivity index (χ0v) is 7.84. The predicted molar refractivity (Wildman–Crippen MR) is 47.5 cm³/mol. The third-order valence-corrected chi connectivity index (χ3v) is 1.09. The Morgan fingerprint density at radius 3 is 2.50 bits per heavy atom. The van der Waals surface area contributed by atoms with Gasteiger partial charge < -0.3 is 14.2 Å². The lowest BCUT2D eigenvalue weighted by atomic mass is 10.6. The third-order valence-electron chi connectivity index (χ3n) is 1.09. The second-order valence-electron chi connectivity index (χ2n) is 2.31. The summed E-state index contributed by atoms with van der Waals surface area (Å²) in [5, 5.41) is 0. The minimum Gasteiger partial charge on any atom is -0.496 e. The highest BCUT2D eigenvalue weighted by Gasteiger charge is 1.99. The van der Waals surface area contributed by atoms with Gasteiger partial charge in [-0.3, -0.25) is 0 Å². The molecule has 0 spiro atoms. The highest BCUT2D eigenvalue weighted by Crippen LogP contribution is 1.94. The summed E-state index contributed by atoms with van der Waals surface area (Å²) < 4.78 is 15.2. The number of rotatable bonds is 7. The maximum atomic E-state index is 5.13. The normalized spacial score (nSPS) is 12.6. The zero-order valence-electron chi connectivity index (χ0n) is 7.84. The molecule has 1 atom stereocenters. The lowest BCUT2D eigenvalue weighted by Gasteiger charge is -2.12. The number of hydrogen-bond acceptors (Lipinski definition) is 3. The average molecular weight is 173 g/mol. The maximum absolute atomic E-state index is 5.13. The quantitative estimate of drug-likeness (QED) is 0.333. The van der Waals surface area contributed by atoms with Crippen molar-refractivity contribution in [1.29, 1.82) is 0 Å². The molecule has 0 heterocycles. The lowest BCUT2D eigenvalue weighted by molar-refractivity contribution is -0.117. The van der Waals surface area contributed by atoms with Gasteiger partial charge in [0.1, 0.15) is 6.61 Å². The van der Waals surface area contributed by atoms with Crippen LogP contribution in [0.3, 0.4) is 0 Å². The lowest BCUT2D eigenvalue weighted by Crippen LogP contribution is -2.16. The average Bonchev–Trinajstić information content (AvgIpc) is 1.98. The van der Waals surface area contributed by atoms with E-state index in [9.17, 15) is 0 Å². The Morgan fingerprint density at radius 2 is 2.00 bits per heavy atom. The first-order chi connectivity index (χ1) is 5.66. The van der Waals surface area contributed by atoms with Crippen LogP contribution in [-0.2, 0) is 14.2 Å². The van der Waals surface area contributed by atoms with Gasteiger partial charge in [-0.2, -0.15) is 0 Å². The van der Waals surface area contributed by atoms with Crippen molar-refractivity contribution in [1.82, 2.24) is 0 Å². The van der Waals surface area contributed by atoms with E-state index in [0.717, 1.165) is 0 Å². The molecule has 12 heavy (non-hydrogen) atoms. The fraction of sp³-hybridized carbons (Fsp3) is 0.667. The van der Waals surface area contributed by atoms with Gasteiger partial charge in [0, 0.05) is 13.5 Å². The molecule has 0 aromatic heterocycles. The summed E-state index contributed by atoms with van der Waals surface area (Å²) in [6.45, 7) is 12.5. The minimum absolute atomic E-state index is 0.399. The largest absolute Gasteiger partial charge is 0.496 e. The standard InChI is InChI=1S/C9H17O3/c1-5-10-9(4)12-7-6-11-8(2)3/h9H,2,4-7H2,1,3H3. The Morgan fingerprint density at radius 1 is 1.33 bits per heavy atom. The Kier molecular flexibility index (Phi) is 6.81. The first-order valence-electron chi connectivity index (χ1n) is 4.01. The van der Waals surface area contributed by atoms with Gasteiger partial charge in [0.2, 0.25) is 0 Å². The second-order valence-corrected chi connectivity index (χ2v) is 2.31. The maximum Gasteiger partial charge on any atom is 0.157 e. The van der Waals surface area contributed by atoms with Crippen LogP contribution >= 0.6 is 0 Å².